The summed E-state index contributed by atoms with van der Waals surface area (Å²) < 4.78 is 35.5. The maximum Gasteiger partial charge on any atom is 0.341 e. The lowest BCUT2D eigenvalue weighted by Gasteiger charge is -2.13. The molecule has 0 amide bonds. The van der Waals surface area contributed by atoms with Crippen molar-refractivity contribution in [1.82, 2.24) is 4.57 Å². The zero-order valence-electron chi connectivity index (χ0n) is 15.2. The molecule has 1 aromatic carbocycles. The Morgan fingerprint density at radius 1 is 1.16 bits per heavy atom. The highest BCUT2D eigenvalue weighted by Gasteiger charge is 2.31. The number of aromatic nitrogens is 1. The number of hydrogen-bond acceptors (Lipinski definition) is 4. The van der Waals surface area contributed by atoms with Gasteiger partial charge in [0.15, 0.2) is 0 Å². The Bertz CT molecular complexity index is 898. The van der Waals surface area contributed by atoms with Crippen molar-refractivity contribution in [3.8, 4) is 0 Å². The van der Waals surface area contributed by atoms with Gasteiger partial charge in [0, 0.05) is 18.4 Å². The zero-order chi connectivity index (χ0) is 18.8. The van der Waals surface area contributed by atoms with Crippen LogP contribution in [-0.4, -0.2) is 25.6 Å². The van der Waals surface area contributed by atoms with Crippen LogP contribution in [0.15, 0.2) is 29.2 Å². The third-order valence-corrected chi connectivity index (χ3v) is 5.84. The molecule has 0 aliphatic carbocycles. The average molecular weight is 364 g/mol. The molecule has 6 nitrogen and oxygen atoms in total. The van der Waals surface area contributed by atoms with E-state index in [4.69, 9.17) is 4.74 Å². The third-order valence-electron chi connectivity index (χ3n) is 4.31. The molecule has 1 heterocycles. The van der Waals surface area contributed by atoms with E-state index in [9.17, 15) is 13.2 Å². The highest BCUT2D eigenvalue weighted by atomic mass is 32.2. The fourth-order valence-corrected chi connectivity index (χ4v) is 4.43. The van der Waals surface area contributed by atoms with E-state index < -0.39 is 16.0 Å². The van der Waals surface area contributed by atoms with Crippen LogP contribution in [0.5, 0.6) is 0 Å². The number of nitrogens with zero attached hydrogens (tertiary/aromatic N) is 1. The van der Waals surface area contributed by atoms with Crippen molar-refractivity contribution in [1.29, 1.82) is 0 Å². The number of sulfonamides is 1. The van der Waals surface area contributed by atoms with E-state index in [0.717, 1.165) is 5.56 Å². The molecule has 0 bridgehead atoms. The lowest BCUT2D eigenvalue weighted by atomic mass is 10.1. The van der Waals surface area contributed by atoms with Gasteiger partial charge in [0.25, 0.3) is 10.0 Å². The minimum absolute atomic E-state index is 0.0307. The lowest BCUT2D eigenvalue weighted by molar-refractivity contribution is 0.0521. The van der Waals surface area contributed by atoms with E-state index in [1.807, 2.05) is 19.1 Å². The van der Waals surface area contributed by atoms with Gasteiger partial charge < -0.3 is 9.30 Å². The Kier molecular flexibility index (Phi) is 5.57. The number of carbonyl (C=O) groups is 1. The van der Waals surface area contributed by atoms with E-state index in [0.29, 0.717) is 23.5 Å². The molecule has 1 N–H and O–H groups in total. The zero-order valence-corrected chi connectivity index (χ0v) is 16.0. The van der Waals surface area contributed by atoms with Gasteiger partial charge >= 0.3 is 5.97 Å². The summed E-state index contributed by atoms with van der Waals surface area (Å²) >= 11 is 0. The van der Waals surface area contributed by atoms with Gasteiger partial charge in [0.2, 0.25) is 0 Å². The summed E-state index contributed by atoms with van der Waals surface area (Å²) in [5, 5.41) is 0. The van der Waals surface area contributed by atoms with Crippen LogP contribution in [-0.2, 0) is 28.2 Å². The van der Waals surface area contributed by atoms with Crippen molar-refractivity contribution in [2.75, 3.05) is 11.3 Å². The highest BCUT2D eigenvalue weighted by Crippen LogP contribution is 2.29. The molecule has 2 rings (SSSR count). The Balaban J connectivity index is 2.60. The number of nitrogens with one attached hydrogen (secondary N) is 1. The van der Waals surface area contributed by atoms with E-state index in [1.165, 1.54) is 0 Å². The molecule has 1 aromatic heterocycles. The smallest absolute Gasteiger partial charge is 0.341 e. The minimum atomic E-state index is -3.94. The molecule has 25 heavy (non-hydrogen) atoms. The van der Waals surface area contributed by atoms with Gasteiger partial charge in [-0.1, -0.05) is 25.1 Å². The summed E-state index contributed by atoms with van der Waals surface area (Å²) in [6, 6.07) is 7.21. The van der Waals surface area contributed by atoms with Gasteiger partial charge in [-0.3, -0.25) is 4.72 Å². The van der Waals surface area contributed by atoms with Crippen molar-refractivity contribution in [2.45, 2.75) is 39.0 Å². The summed E-state index contributed by atoms with van der Waals surface area (Å²) in [6.45, 7) is 7.20. The normalized spacial score (nSPS) is 11.4. The molecule has 0 unspecified atom stereocenters. The van der Waals surface area contributed by atoms with Crippen molar-refractivity contribution < 1.29 is 17.9 Å². The SMILES string of the molecule is CCOC(=O)c1c(S(=O)(=O)Nc2ccccc2CC)c(C)n(C)c1C. The van der Waals surface area contributed by atoms with Crippen molar-refractivity contribution in [3.05, 3.63) is 46.8 Å². The second kappa shape index (κ2) is 7.31. The number of aryl methyl sites for hydroxylation is 1. The third kappa shape index (κ3) is 3.56. The van der Waals surface area contributed by atoms with Crippen LogP contribution in [0.1, 0.15) is 41.2 Å². The fraction of sp³-hybridized carbons (Fsp3) is 0.389. The predicted molar refractivity (Wildman–Crippen MR) is 97.5 cm³/mol. The van der Waals surface area contributed by atoms with Crippen molar-refractivity contribution >= 4 is 21.7 Å². The van der Waals surface area contributed by atoms with Crippen molar-refractivity contribution in [3.63, 3.8) is 0 Å². The first-order chi connectivity index (χ1) is 11.7. The number of rotatable bonds is 6. The maximum atomic E-state index is 13.1. The predicted octanol–water partition coefficient (Wildman–Crippen LogP) is 3.18. The van der Waals surface area contributed by atoms with E-state index in [1.54, 1.807) is 44.5 Å². The molecule has 7 heteroatoms. The molecule has 0 radical (unpaired) electrons. The van der Waals surface area contributed by atoms with Crippen LogP contribution < -0.4 is 4.72 Å². The van der Waals surface area contributed by atoms with Crippen molar-refractivity contribution in [2.24, 2.45) is 7.05 Å². The molecule has 0 saturated heterocycles. The molecule has 2 aromatic rings. The van der Waals surface area contributed by atoms with E-state index in [2.05, 4.69) is 4.72 Å². The fourth-order valence-electron chi connectivity index (χ4n) is 2.81. The second-order valence-electron chi connectivity index (χ2n) is 5.77. The van der Waals surface area contributed by atoms with Crippen LogP contribution in [0.2, 0.25) is 0 Å². The monoisotopic (exact) mass is 364 g/mol. The molecule has 136 valence electrons. The van der Waals surface area contributed by atoms with Gasteiger partial charge in [0.05, 0.1) is 12.3 Å². The molecule has 0 aliphatic rings. The first-order valence-corrected chi connectivity index (χ1v) is 9.66. The largest absolute Gasteiger partial charge is 0.462 e. The number of para-hydroxylation sites is 1. The summed E-state index contributed by atoms with van der Waals surface area (Å²) in [7, 11) is -2.22. The Morgan fingerprint density at radius 2 is 1.80 bits per heavy atom. The molecular weight excluding hydrogens is 340 g/mol. The minimum Gasteiger partial charge on any atom is -0.462 e. The standard InChI is InChI=1S/C18H24N2O4S/c1-6-14-10-8-9-11-15(14)19-25(22,23)17-13(4)20(5)12(3)16(17)18(21)24-7-2/h8-11,19H,6-7H2,1-5H3. The molecule has 0 aliphatic heterocycles. The molecule has 0 atom stereocenters. The number of hydrogen-bond donors (Lipinski definition) is 1. The van der Waals surface area contributed by atoms with Crippen LogP contribution >= 0.6 is 0 Å². The van der Waals surface area contributed by atoms with Gasteiger partial charge in [0.1, 0.15) is 10.5 Å². The lowest BCUT2D eigenvalue weighted by Crippen LogP contribution is -2.18. The first kappa shape index (κ1) is 19.1. The first-order valence-electron chi connectivity index (χ1n) is 8.18. The second-order valence-corrected chi connectivity index (χ2v) is 7.39. The molecule has 0 spiro atoms. The Morgan fingerprint density at radius 3 is 2.40 bits per heavy atom. The summed E-state index contributed by atoms with van der Waals surface area (Å²) in [4.78, 5) is 12.3. The van der Waals surface area contributed by atoms with Crippen LogP contribution in [0.3, 0.4) is 0 Å². The summed E-state index contributed by atoms with van der Waals surface area (Å²) in [5.41, 5.74) is 2.53. The van der Waals surface area contributed by atoms with Crippen LogP contribution in [0, 0.1) is 13.8 Å². The van der Waals surface area contributed by atoms with Crippen LogP contribution in [0.4, 0.5) is 5.69 Å². The van der Waals surface area contributed by atoms with Gasteiger partial charge in [-0.15, -0.1) is 0 Å². The summed E-state index contributed by atoms with van der Waals surface area (Å²) in [5.74, 6) is -0.632. The van der Waals surface area contributed by atoms with E-state index >= 15 is 0 Å². The highest BCUT2D eigenvalue weighted by molar-refractivity contribution is 7.92. The van der Waals surface area contributed by atoms with Gasteiger partial charge in [-0.2, -0.15) is 0 Å². The Labute approximate surface area is 148 Å². The number of anilines is 1. The number of carbonyl (C=O) groups excluding carboxylic acids is 1. The van der Waals surface area contributed by atoms with Gasteiger partial charge in [-0.05, 0) is 38.8 Å². The Hall–Kier alpha value is -2.28. The quantitative estimate of drug-likeness (QED) is 0.799. The molecule has 0 saturated carbocycles. The molecular formula is C18H24N2O4S. The number of ether oxygens (including phenoxy) is 1. The average Bonchev–Trinajstić information content (AvgIpc) is 2.80. The number of benzene rings is 1. The topological polar surface area (TPSA) is 77.4 Å². The number of esters is 1. The van der Waals surface area contributed by atoms with E-state index in [-0.39, 0.29) is 17.1 Å². The maximum absolute atomic E-state index is 13.1. The summed E-state index contributed by atoms with van der Waals surface area (Å²) in [6.07, 6.45) is 0.691. The molecule has 0 fully saturated rings. The van der Waals surface area contributed by atoms with Crippen LogP contribution in [0.25, 0.3) is 0 Å². The van der Waals surface area contributed by atoms with Gasteiger partial charge in [-0.25, -0.2) is 13.2 Å².